The van der Waals surface area contributed by atoms with Crippen LogP contribution in [0.4, 0.5) is 0 Å². The quantitative estimate of drug-likeness (QED) is 0.458. The molecule has 5 rings (SSSR count). The highest BCUT2D eigenvalue weighted by molar-refractivity contribution is 5.92. The molecule has 1 unspecified atom stereocenters. The van der Waals surface area contributed by atoms with Gasteiger partial charge < -0.3 is 20.4 Å². The van der Waals surface area contributed by atoms with Crippen LogP contribution in [-0.4, -0.2) is 34.8 Å². The summed E-state index contributed by atoms with van der Waals surface area (Å²) >= 11 is 0. The smallest absolute Gasteiger partial charge is 0.240 e. The number of nitrogens with two attached hydrogens (primary N) is 1. The van der Waals surface area contributed by atoms with Crippen molar-refractivity contribution in [1.82, 2.24) is 9.88 Å². The molecule has 0 saturated carbocycles. The zero-order valence-electron chi connectivity index (χ0n) is 19.1. The maximum absolute atomic E-state index is 13.4. The number of hydrogen-bond donors (Lipinski definition) is 2. The lowest BCUT2D eigenvalue weighted by molar-refractivity contribution is -0.140. The molecule has 2 heterocycles. The average molecular weight is 454 g/mol. The summed E-state index contributed by atoms with van der Waals surface area (Å²) in [5.41, 5.74) is 12.0. The lowest BCUT2D eigenvalue weighted by atomic mass is 9.93. The topological polar surface area (TPSA) is 88.4 Å². The number of aromatic amines is 1. The minimum Gasteiger partial charge on any atom is -0.497 e. The number of hydrogen-bond acceptors (Lipinski definition) is 3. The maximum atomic E-state index is 13.4. The minimum atomic E-state index is -0.619. The van der Waals surface area contributed by atoms with Crippen molar-refractivity contribution in [2.75, 3.05) is 7.11 Å². The third-order valence-corrected chi connectivity index (χ3v) is 6.68. The van der Waals surface area contributed by atoms with Gasteiger partial charge in [-0.3, -0.25) is 9.59 Å². The van der Waals surface area contributed by atoms with Crippen molar-refractivity contribution in [1.29, 1.82) is 0 Å². The number of nitrogens with zero attached hydrogens (tertiary/aromatic N) is 1. The lowest BCUT2D eigenvalue weighted by Crippen LogP contribution is -2.51. The van der Waals surface area contributed by atoms with Gasteiger partial charge in [0.15, 0.2) is 0 Å². The van der Waals surface area contributed by atoms with E-state index in [1.54, 1.807) is 12.0 Å². The van der Waals surface area contributed by atoms with Crippen LogP contribution in [0.5, 0.6) is 5.75 Å². The van der Waals surface area contributed by atoms with Crippen LogP contribution in [0.15, 0.2) is 72.8 Å². The van der Waals surface area contributed by atoms with Gasteiger partial charge in [0.1, 0.15) is 11.8 Å². The summed E-state index contributed by atoms with van der Waals surface area (Å²) < 4.78 is 5.30. The Labute approximate surface area is 198 Å². The number of para-hydroxylation sites is 1. The molecule has 6 heteroatoms. The van der Waals surface area contributed by atoms with E-state index in [9.17, 15) is 9.59 Å². The normalized spacial score (nSPS) is 15.2. The fourth-order valence-corrected chi connectivity index (χ4v) is 4.88. The highest BCUT2D eigenvalue weighted by Crippen LogP contribution is 2.33. The van der Waals surface area contributed by atoms with E-state index in [0.717, 1.165) is 44.6 Å². The first-order valence-electron chi connectivity index (χ1n) is 11.4. The number of aromatic nitrogens is 1. The molecule has 3 aromatic carbocycles. The molecule has 0 aliphatic carbocycles. The third kappa shape index (κ3) is 4.03. The molecule has 0 spiro atoms. The summed E-state index contributed by atoms with van der Waals surface area (Å²) in [6.45, 7) is 0.405. The van der Waals surface area contributed by atoms with Crippen LogP contribution < -0.4 is 10.5 Å². The van der Waals surface area contributed by atoms with Crippen molar-refractivity contribution >= 4 is 22.7 Å². The second-order valence-corrected chi connectivity index (χ2v) is 8.67. The molecular formula is C28H27N3O3. The molecule has 1 aliphatic rings. The summed E-state index contributed by atoms with van der Waals surface area (Å²) in [5, 5.41) is 1.09. The van der Waals surface area contributed by atoms with Gasteiger partial charge in [0, 0.05) is 36.0 Å². The zero-order chi connectivity index (χ0) is 23.7. The summed E-state index contributed by atoms with van der Waals surface area (Å²) in [4.78, 5) is 30.7. The first kappa shape index (κ1) is 21.8. The first-order valence-corrected chi connectivity index (χ1v) is 11.4. The number of ether oxygens (including phenoxy) is 1. The van der Waals surface area contributed by atoms with E-state index < -0.39 is 11.9 Å². The molecule has 3 N–H and O–H groups in total. The van der Waals surface area contributed by atoms with E-state index in [4.69, 9.17) is 10.5 Å². The highest BCUT2D eigenvalue weighted by atomic mass is 16.5. The fourth-order valence-electron chi connectivity index (χ4n) is 4.88. The van der Waals surface area contributed by atoms with Crippen molar-refractivity contribution in [3.63, 3.8) is 0 Å². The van der Waals surface area contributed by atoms with Crippen LogP contribution in [0.1, 0.15) is 23.1 Å². The van der Waals surface area contributed by atoms with Crippen molar-refractivity contribution in [2.24, 2.45) is 5.73 Å². The molecule has 4 aromatic rings. The van der Waals surface area contributed by atoms with Crippen LogP contribution in [0.25, 0.3) is 22.2 Å². The van der Waals surface area contributed by atoms with E-state index in [0.29, 0.717) is 19.4 Å². The Morgan fingerprint density at radius 3 is 2.44 bits per heavy atom. The van der Waals surface area contributed by atoms with Crippen molar-refractivity contribution < 1.29 is 14.3 Å². The Hall–Kier alpha value is -4.06. The van der Waals surface area contributed by atoms with Crippen molar-refractivity contribution in [3.05, 3.63) is 89.5 Å². The average Bonchev–Trinajstić information content (AvgIpc) is 3.25. The van der Waals surface area contributed by atoms with Crippen LogP contribution in [0, 0.1) is 0 Å². The first-order chi connectivity index (χ1) is 16.5. The van der Waals surface area contributed by atoms with Crippen LogP contribution in [0.3, 0.4) is 0 Å². The highest BCUT2D eigenvalue weighted by Gasteiger charge is 2.33. The maximum Gasteiger partial charge on any atom is 0.240 e. The van der Waals surface area contributed by atoms with Gasteiger partial charge >= 0.3 is 0 Å². The monoisotopic (exact) mass is 453 g/mol. The van der Waals surface area contributed by atoms with Gasteiger partial charge in [-0.1, -0.05) is 42.5 Å². The number of rotatable bonds is 6. The Bertz CT molecular complexity index is 1360. The van der Waals surface area contributed by atoms with Crippen LogP contribution in [-0.2, 0) is 29.0 Å². The Kier molecular flexibility index (Phi) is 5.80. The molecule has 6 nitrogen and oxygen atoms in total. The van der Waals surface area contributed by atoms with Gasteiger partial charge in [-0.05, 0) is 59.0 Å². The fraction of sp³-hybridized carbons (Fsp3) is 0.214. The molecule has 2 amide bonds. The molecule has 0 saturated heterocycles. The molecule has 34 heavy (non-hydrogen) atoms. The van der Waals surface area contributed by atoms with E-state index >= 15 is 0 Å². The van der Waals surface area contributed by atoms with Gasteiger partial charge in [-0.2, -0.15) is 0 Å². The van der Waals surface area contributed by atoms with E-state index in [-0.39, 0.29) is 12.3 Å². The Morgan fingerprint density at radius 2 is 1.71 bits per heavy atom. The predicted molar refractivity (Wildman–Crippen MR) is 132 cm³/mol. The molecule has 1 aromatic heterocycles. The molecule has 0 radical (unpaired) electrons. The Morgan fingerprint density at radius 1 is 1.00 bits per heavy atom. The summed E-state index contributed by atoms with van der Waals surface area (Å²) in [6, 6.07) is 23.3. The number of amides is 2. The number of H-pyrrole nitrogens is 1. The largest absolute Gasteiger partial charge is 0.497 e. The van der Waals surface area contributed by atoms with Crippen LogP contribution >= 0.6 is 0 Å². The molecule has 0 bridgehead atoms. The van der Waals surface area contributed by atoms with Crippen molar-refractivity contribution in [2.45, 2.75) is 31.8 Å². The number of fused-ring (bicyclic) bond motifs is 2. The summed E-state index contributed by atoms with van der Waals surface area (Å²) in [5.74, 6) is 0.262. The number of benzene rings is 3. The standard InChI is InChI=1S/C28H27N3O3/c1-34-21-12-10-18(11-13-21)27-23(22-8-4-5-9-24(22)30-27)14-15-26(32)31-17-20-7-3-2-6-19(20)16-25(31)28(29)33/h2-13,25,30H,14-17H2,1H3,(H2,29,33). The molecule has 172 valence electrons. The molecule has 0 fully saturated rings. The second-order valence-electron chi connectivity index (χ2n) is 8.67. The summed E-state index contributed by atoms with van der Waals surface area (Å²) in [6.07, 6.45) is 1.30. The summed E-state index contributed by atoms with van der Waals surface area (Å²) in [7, 11) is 1.65. The lowest BCUT2D eigenvalue weighted by Gasteiger charge is -2.35. The van der Waals surface area contributed by atoms with Gasteiger partial charge in [0.05, 0.1) is 7.11 Å². The molecule has 1 atom stereocenters. The van der Waals surface area contributed by atoms with E-state index in [1.165, 1.54) is 0 Å². The number of carbonyl (C=O) groups excluding carboxylic acids is 2. The number of primary amides is 1. The van der Waals surface area contributed by atoms with Gasteiger partial charge in [0.25, 0.3) is 0 Å². The number of methoxy groups -OCH3 is 1. The van der Waals surface area contributed by atoms with Crippen LogP contribution in [0.2, 0.25) is 0 Å². The van der Waals surface area contributed by atoms with Gasteiger partial charge in [0.2, 0.25) is 11.8 Å². The Balaban J connectivity index is 1.43. The van der Waals surface area contributed by atoms with Gasteiger partial charge in [-0.15, -0.1) is 0 Å². The number of aryl methyl sites for hydroxylation is 1. The molecular weight excluding hydrogens is 426 g/mol. The molecule has 1 aliphatic heterocycles. The van der Waals surface area contributed by atoms with Gasteiger partial charge in [-0.25, -0.2) is 0 Å². The second kappa shape index (κ2) is 9.06. The van der Waals surface area contributed by atoms with Crippen molar-refractivity contribution in [3.8, 4) is 17.0 Å². The SMILES string of the molecule is COc1ccc(-c2[nH]c3ccccc3c2CCC(=O)N2Cc3ccccc3CC2C(N)=O)cc1. The van der Waals surface area contributed by atoms with E-state index in [2.05, 4.69) is 11.1 Å². The zero-order valence-corrected chi connectivity index (χ0v) is 19.1. The minimum absolute atomic E-state index is 0.0655. The number of nitrogens with one attached hydrogen (secondary N) is 1. The predicted octanol–water partition coefficient (Wildman–Crippen LogP) is 4.21. The number of carbonyl (C=O) groups is 2. The third-order valence-electron chi connectivity index (χ3n) is 6.68. The van der Waals surface area contributed by atoms with E-state index in [1.807, 2.05) is 66.7 Å².